The van der Waals surface area contributed by atoms with E-state index in [9.17, 15) is 5.11 Å². The first-order valence-electron chi connectivity index (χ1n) is 9.16. The minimum absolute atomic E-state index is 0.0631. The van der Waals surface area contributed by atoms with Gasteiger partial charge in [0, 0.05) is 25.1 Å². The quantitative estimate of drug-likeness (QED) is 0.750. The van der Waals surface area contributed by atoms with Crippen molar-refractivity contribution in [3.63, 3.8) is 0 Å². The number of hydrogen-bond donors (Lipinski definition) is 1. The molecule has 1 atom stereocenters. The van der Waals surface area contributed by atoms with Crippen LogP contribution in [0.5, 0.6) is 0 Å². The van der Waals surface area contributed by atoms with Gasteiger partial charge in [0.15, 0.2) is 0 Å². The normalized spacial score (nSPS) is 21.0. The van der Waals surface area contributed by atoms with Gasteiger partial charge in [-0.1, -0.05) is 72.8 Å². The van der Waals surface area contributed by atoms with Crippen molar-refractivity contribution in [2.75, 3.05) is 19.7 Å². The Morgan fingerprint density at radius 1 is 0.880 bits per heavy atom. The maximum Gasteiger partial charge on any atom is 0.0440 e. The van der Waals surface area contributed by atoms with Crippen LogP contribution in [0.3, 0.4) is 0 Å². The molecule has 25 heavy (non-hydrogen) atoms. The van der Waals surface area contributed by atoms with Gasteiger partial charge in [-0.05, 0) is 41.3 Å². The molecule has 1 fully saturated rings. The van der Waals surface area contributed by atoms with Crippen molar-refractivity contribution in [3.05, 3.63) is 83.9 Å². The predicted molar refractivity (Wildman–Crippen MR) is 104 cm³/mol. The highest BCUT2D eigenvalue weighted by Crippen LogP contribution is 2.39. The SMILES string of the molecule is OCCC1(c2ccc3ccccc3c2)CCN(Cc2ccccc2)C1. The van der Waals surface area contributed by atoms with Crippen LogP contribution in [-0.4, -0.2) is 29.7 Å². The van der Waals surface area contributed by atoms with Crippen LogP contribution in [0.1, 0.15) is 24.0 Å². The van der Waals surface area contributed by atoms with E-state index in [4.69, 9.17) is 0 Å². The molecule has 1 aliphatic rings. The molecule has 1 N–H and O–H groups in total. The summed E-state index contributed by atoms with van der Waals surface area (Å²) in [6, 6.07) is 26.0. The summed E-state index contributed by atoms with van der Waals surface area (Å²) < 4.78 is 0. The Morgan fingerprint density at radius 3 is 2.44 bits per heavy atom. The third-order valence-electron chi connectivity index (χ3n) is 5.63. The average molecular weight is 331 g/mol. The molecule has 0 saturated carbocycles. The zero-order valence-corrected chi connectivity index (χ0v) is 14.6. The van der Waals surface area contributed by atoms with Crippen molar-refractivity contribution in [2.24, 2.45) is 0 Å². The van der Waals surface area contributed by atoms with Gasteiger partial charge in [-0.15, -0.1) is 0 Å². The summed E-state index contributed by atoms with van der Waals surface area (Å²) in [6.07, 6.45) is 1.94. The van der Waals surface area contributed by atoms with E-state index in [0.717, 1.165) is 32.5 Å². The van der Waals surface area contributed by atoms with Crippen molar-refractivity contribution in [3.8, 4) is 0 Å². The van der Waals surface area contributed by atoms with Gasteiger partial charge < -0.3 is 5.11 Å². The molecule has 3 aromatic rings. The van der Waals surface area contributed by atoms with Crippen LogP contribution < -0.4 is 0 Å². The Hall–Kier alpha value is -2.16. The maximum absolute atomic E-state index is 9.72. The summed E-state index contributed by atoms with van der Waals surface area (Å²) in [7, 11) is 0. The van der Waals surface area contributed by atoms with Crippen LogP contribution in [0.4, 0.5) is 0 Å². The van der Waals surface area contributed by atoms with E-state index in [1.165, 1.54) is 21.9 Å². The lowest BCUT2D eigenvalue weighted by atomic mass is 9.76. The Kier molecular flexibility index (Phi) is 4.56. The van der Waals surface area contributed by atoms with Crippen molar-refractivity contribution in [1.82, 2.24) is 4.90 Å². The van der Waals surface area contributed by atoms with Crippen LogP contribution in [-0.2, 0) is 12.0 Å². The van der Waals surface area contributed by atoms with Crippen LogP contribution in [0, 0.1) is 0 Å². The molecule has 0 spiro atoms. The number of hydrogen-bond acceptors (Lipinski definition) is 2. The number of benzene rings is 3. The van der Waals surface area contributed by atoms with E-state index in [1.54, 1.807) is 0 Å². The number of fused-ring (bicyclic) bond motifs is 1. The molecule has 0 bridgehead atoms. The standard InChI is InChI=1S/C23H25NO/c25-15-13-23(22-11-10-20-8-4-5-9-21(20)16-22)12-14-24(18-23)17-19-6-2-1-3-7-19/h1-11,16,25H,12-15,17-18H2. The highest BCUT2D eigenvalue weighted by Gasteiger charge is 2.39. The van der Waals surface area contributed by atoms with Gasteiger partial charge in [0.1, 0.15) is 0 Å². The van der Waals surface area contributed by atoms with E-state index in [0.29, 0.717) is 0 Å². The molecule has 1 aliphatic heterocycles. The zero-order chi connectivity index (χ0) is 17.1. The number of likely N-dealkylation sites (tertiary alicyclic amines) is 1. The maximum atomic E-state index is 9.72. The number of rotatable bonds is 5. The molecule has 1 saturated heterocycles. The molecular weight excluding hydrogens is 306 g/mol. The highest BCUT2D eigenvalue weighted by molar-refractivity contribution is 5.83. The van der Waals surface area contributed by atoms with Gasteiger partial charge in [-0.3, -0.25) is 4.90 Å². The molecular formula is C23H25NO. The summed E-state index contributed by atoms with van der Waals surface area (Å²) in [4.78, 5) is 2.53. The molecule has 0 radical (unpaired) electrons. The number of aliphatic hydroxyl groups excluding tert-OH is 1. The van der Waals surface area contributed by atoms with Crippen LogP contribution in [0.25, 0.3) is 10.8 Å². The van der Waals surface area contributed by atoms with Gasteiger partial charge in [-0.25, -0.2) is 0 Å². The smallest absolute Gasteiger partial charge is 0.0440 e. The second-order valence-corrected chi connectivity index (χ2v) is 7.26. The molecule has 1 heterocycles. The van der Waals surface area contributed by atoms with Gasteiger partial charge in [0.05, 0.1) is 0 Å². The highest BCUT2D eigenvalue weighted by atomic mass is 16.3. The van der Waals surface area contributed by atoms with Crippen LogP contribution in [0.15, 0.2) is 72.8 Å². The Labute approximate surface area is 149 Å². The Morgan fingerprint density at radius 2 is 1.64 bits per heavy atom. The summed E-state index contributed by atoms with van der Waals surface area (Å²) in [5.41, 5.74) is 2.80. The monoisotopic (exact) mass is 331 g/mol. The van der Waals surface area contributed by atoms with Gasteiger partial charge in [0.2, 0.25) is 0 Å². The van der Waals surface area contributed by atoms with Gasteiger partial charge >= 0.3 is 0 Å². The minimum atomic E-state index is 0.0631. The van der Waals surface area contributed by atoms with E-state index in [2.05, 4.69) is 77.7 Å². The molecule has 3 aromatic carbocycles. The van der Waals surface area contributed by atoms with Crippen molar-refractivity contribution in [2.45, 2.75) is 24.8 Å². The van der Waals surface area contributed by atoms with Crippen molar-refractivity contribution >= 4 is 10.8 Å². The van der Waals surface area contributed by atoms with E-state index in [1.807, 2.05) is 0 Å². The molecule has 1 unspecified atom stereocenters. The van der Waals surface area contributed by atoms with Crippen molar-refractivity contribution in [1.29, 1.82) is 0 Å². The topological polar surface area (TPSA) is 23.5 Å². The summed E-state index contributed by atoms with van der Waals surface area (Å²) in [6.45, 7) is 3.33. The van der Waals surface area contributed by atoms with E-state index in [-0.39, 0.29) is 12.0 Å². The zero-order valence-electron chi connectivity index (χ0n) is 14.6. The summed E-state index contributed by atoms with van der Waals surface area (Å²) in [5, 5.41) is 12.3. The van der Waals surface area contributed by atoms with E-state index >= 15 is 0 Å². The fourth-order valence-electron chi connectivity index (χ4n) is 4.25. The fraction of sp³-hybridized carbons (Fsp3) is 0.304. The largest absolute Gasteiger partial charge is 0.396 e. The molecule has 0 aromatic heterocycles. The first-order chi connectivity index (χ1) is 12.3. The lowest BCUT2D eigenvalue weighted by Gasteiger charge is -2.30. The van der Waals surface area contributed by atoms with Crippen LogP contribution >= 0.6 is 0 Å². The lowest BCUT2D eigenvalue weighted by Crippen LogP contribution is -2.32. The summed E-state index contributed by atoms with van der Waals surface area (Å²) in [5.74, 6) is 0. The Bertz CT molecular complexity index is 845. The third-order valence-corrected chi connectivity index (χ3v) is 5.63. The minimum Gasteiger partial charge on any atom is -0.396 e. The molecule has 0 amide bonds. The predicted octanol–water partition coefficient (Wildman–Crippen LogP) is 4.37. The fourth-order valence-corrected chi connectivity index (χ4v) is 4.25. The average Bonchev–Trinajstić information content (AvgIpc) is 3.06. The molecule has 0 aliphatic carbocycles. The molecule has 2 nitrogen and oxygen atoms in total. The Balaban J connectivity index is 1.61. The second-order valence-electron chi connectivity index (χ2n) is 7.26. The first kappa shape index (κ1) is 16.3. The molecule has 2 heteroatoms. The van der Waals surface area contributed by atoms with Crippen molar-refractivity contribution < 1.29 is 5.11 Å². The second kappa shape index (κ2) is 6.99. The summed E-state index contributed by atoms with van der Waals surface area (Å²) >= 11 is 0. The van der Waals surface area contributed by atoms with Gasteiger partial charge in [0.25, 0.3) is 0 Å². The van der Waals surface area contributed by atoms with Crippen LogP contribution in [0.2, 0.25) is 0 Å². The van der Waals surface area contributed by atoms with E-state index < -0.39 is 0 Å². The molecule has 4 rings (SSSR count). The number of nitrogens with zero attached hydrogens (tertiary/aromatic N) is 1. The lowest BCUT2D eigenvalue weighted by molar-refractivity contribution is 0.227. The first-order valence-corrected chi connectivity index (χ1v) is 9.16. The molecule has 128 valence electrons. The third kappa shape index (κ3) is 3.33. The number of aliphatic hydroxyl groups is 1. The van der Waals surface area contributed by atoms with Gasteiger partial charge in [-0.2, -0.15) is 0 Å².